The second-order valence-corrected chi connectivity index (χ2v) is 21.8. The molecule has 63 heavy (non-hydrogen) atoms. The molecule has 3 atom stereocenters. The maximum absolute atomic E-state index is 12.9. The maximum Gasteiger partial charge on any atom is 0.472 e. The third-order valence-corrected chi connectivity index (χ3v) is 13.7. The first kappa shape index (κ1) is 62.2. The molecule has 0 fully saturated rings. The molecule has 8 nitrogen and oxygen atoms in total. The largest absolute Gasteiger partial charge is 0.472 e. The third kappa shape index (κ3) is 49.0. The topological polar surface area (TPSA) is 105 Å². The van der Waals surface area contributed by atoms with Gasteiger partial charge in [0, 0.05) is 6.42 Å². The molecule has 0 saturated heterocycles. The van der Waals surface area contributed by atoms with Crippen molar-refractivity contribution >= 4 is 13.7 Å². The Morgan fingerprint density at radius 2 is 0.841 bits per heavy atom. The summed E-state index contributed by atoms with van der Waals surface area (Å²) in [7, 11) is 1.59. The van der Waals surface area contributed by atoms with Crippen LogP contribution in [0.1, 0.15) is 277 Å². The summed E-state index contributed by atoms with van der Waals surface area (Å²) in [6, 6.07) is -0.841. The van der Waals surface area contributed by atoms with Gasteiger partial charge in [-0.25, -0.2) is 4.57 Å². The number of carbonyl (C=O) groups excluding carboxylic acids is 1. The predicted molar refractivity (Wildman–Crippen MR) is 272 cm³/mol. The Morgan fingerprint density at radius 1 is 0.524 bits per heavy atom. The highest BCUT2D eigenvalue weighted by atomic mass is 31.2. The molecule has 0 saturated carbocycles. The number of amides is 1. The van der Waals surface area contributed by atoms with E-state index >= 15 is 0 Å². The van der Waals surface area contributed by atoms with Gasteiger partial charge < -0.3 is 19.8 Å². The summed E-state index contributed by atoms with van der Waals surface area (Å²) < 4.78 is 23.7. The van der Waals surface area contributed by atoms with Gasteiger partial charge in [-0.2, -0.15) is 0 Å². The van der Waals surface area contributed by atoms with Crippen molar-refractivity contribution in [3.63, 3.8) is 0 Å². The molecule has 0 aromatic carbocycles. The minimum Gasteiger partial charge on any atom is -0.387 e. The predicted octanol–water partition coefficient (Wildman–Crippen LogP) is 16.3. The fourth-order valence-corrected chi connectivity index (χ4v) is 9.13. The average Bonchev–Trinajstić information content (AvgIpc) is 3.24. The molecule has 0 aromatic heterocycles. The lowest BCUT2D eigenvalue weighted by atomic mass is 10.0. The van der Waals surface area contributed by atoms with Crippen LogP contribution in [0.15, 0.2) is 12.2 Å². The van der Waals surface area contributed by atoms with Crippen molar-refractivity contribution in [2.24, 2.45) is 0 Å². The highest BCUT2D eigenvalue weighted by Crippen LogP contribution is 2.43. The van der Waals surface area contributed by atoms with Gasteiger partial charge in [0.1, 0.15) is 13.2 Å². The summed E-state index contributed by atoms with van der Waals surface area (Å²) in [4.78, 5) is 23.2. The molecule has 0 bridgehead atoms. The van der Waals surface area contributed by atoms with Crippen molar-refractivity contribution in [1.82, 2.24) is 5.32 Å². The summed E-state index contributed by atoms with van der Waals surface area (Å²) in [6.07, 6.45) is 55.9. The van der Waals surface area contributed by atoms with E-state index in [2.05, 4.69) is 19.2 Å². The Balaban J connectivity index is 4.13. The monoisotopic (exact) mass is 914 g/mol. The van der Waals surface area contributed by atoms with Crippen molar-refractivity contribution in [1.29, 1.82) is 0 Å². The molecule has 0 aromatic rings. The van der Waals surface area contributed by atoms with Gasteiger partial charge in [-0.1, -0.05) is 264 Å². The molecule has 1 unspecified atom stereocenters. The molecule has 1 amide bonds. The van der Waals surface area contributed by atoms with Crippen LogP contribution in [0.2, 0.25) is 0 Å². The minimum absolute atomic E-state index is 0.0650. The molecule has 0 aliphatic rings. The summed E-state index contributed by atoms with van der Waals surface area (Å²) >= 11 is 0. The van der Waals surface area contributed by atoms with Crippen LogP contribution < -0.4 is 5.32 Å². The van der Waals surface area contributed by atoms with Gasteiger partial charge in [0.25, 0.3) is 0 Å². The van der Waals surface area contributed by atoms with Crippen LogP contribution in [-0.4, -0.2) is 73.4 Å². The van der Waals surface area contributed by atoms with E-state index < -0.39 is 20.0 Å². The summed E-state index contributed by atoms with van der Waals surface area (Å²) in [5, 5.41) is 13.9. The number of aliphatic hydroxyl groups is 1. The number of rotatable bonds is 51. The smallest absolute Gasteiger partial charge is 0.387 e. The molecule has 0 aliphatic heterocycles. The lowest BCUT2D eigenvalue weighted by Crippen LogP contribution is -2.45. The number of unbranched alkanes of at least 4 members (excludes halogenated alkanes) is 38. The summed E-state index contributed by atoms with van der Waals surface area (Å²) in [6.45, 7) is 4.85. The summed E-state index contributed by atoms with van der Waals surface area (Å²) in [5.41, 5.74) is 0. The normalized spacial score (nSPS) is 14.1. The number of phosphoric acid groups is 1. The molecular weight excluding hydrogens is 804 g/mol. The highest BCUT2D eigenvalue weighted by Gasteiger charge is 2.27. The first-order chi connectivity index (χ1) is 30.5. The van der Waals surface area contributed by atoms with Gasteiger partial charge in [-0.3, -0.25) is 13.8 Å². The number of hydrogen-bond donors (Lipinski definition) is 3. The Hall–Kier alpha value is -0.760. The number of carbonyl (C=O) groups is 1. The third-order valence-electron chi connectivity index (χ3n) is 12.8. The Kier molecular flexibility index (Phi) is 45.8. The molecule has 0 rings (SSSR count). The molecule has 0 aliphatic carbocycles. The van der Waals surface area contributed by atoms with Crippen molar-refractivity contribution in [3.05, 3.63) is 12.2 Å². The van der Waals surface area contributed by atoms with E-state index in [0.717, 1.165) is 32.1 Å². The van der Waals surface area contributed by atoms with Gasteiger partial charge in [0.2, 0.25) is 5.91 Å². The van der Waals surface area contributed by atoms with Crippen molar-refractivity contribution in [2.75, 3.05) is 40.9 Å². The van der Waals surface area contributed by atoms with E-state index in [1.807, 2.05) is 27.2 Å². The van der Waals surface area contributed by atoms with Crippen LogP contribution in [-0.2, 0) is 18.4 Å². The van der Waals surface area contributed by atoms with Crippen LogP contribution in [0.5, 0.6) is 0 Å². The lowest BCUT2D eigenvalue weighted by molar-refractivity contribution is -0.870. The molecule has 0 spiro atoms. The van der Waals surface area contributed by atoms with Gasteiger partial charge in [-0.15, -0.1) is 0 Å². The first-order valence-electron chi connectivity index (χ1n) is 27.6. The van der Waals surface area contributed by atoms with Crippen LogP contribution in [0.4, 0.5) is 0 Å². The lowest BCUT2D eigenvalue weighted by Gasteiger charge is -2.25. The first-order valence-corrected chi connectivity index (χ1v) is 29.1. The van der Waals surface area contributed by atoms with E-state index in [1.165, 1.54) is 225 Å². The molecule has 376 valence electrons. The van der Waals surface area contributed by atoms with Crippen LogP contribution in [0.25, 0.3) is 0 Å². The number of hydrogen-bond acceptors (Lipinski definition) is 5. The zero-order valence-electron chi connectivity index (χ0n) is 42.8. The minimum atomic E-state index is -4.34. The molecule has 0 heterocycles. The van der Waals surface area contributed by atoms with E-state index in [1.54, 1.807) is 6.08 Å². The number of quaternary nitrogens is 1. The van der Waals surface area contributed by atoms with E-state index in [0.29, 0.717) is 17.4 Å². The fourth-order valence-electron chi connectivity index (χ4n) is 8.40. The summed E-state index contributed by atoms with van der Waals surface area (Å²) in [5.74, 6) is -0.171. The fraction of sp³-hybridized carbons (Fsp3) is 0.944. The number of phosphoric ester groups is 1. The molecule has 3 N–H and O–H groups in total. The van der Waals surface area contributed by atoms with Crippen LogP contribution >= 0.6 is 7.82 Å². The quantitative estimate of drug-likeness (QED) is 0.0243. The van der Waals surface area contributed by atoms with E-state index in [9.17, 15) is 19.4 Å². The zero-order valence-corrected chi connectivity index (χ0v) is 43.7. The number of allylic oxidation sites excluding steroid dienone is 1. The second-order valence-electron chi connectivity index (χ2n) is 20.3. The van der Waals surface area contributed by atoms with E-state index in [4.69, 9.17) is 9.05 Å². The highest BCUT2D eigenvalue weighted by molar-refractivity contribution is 7.47. The Morgan fingerprint density at radius 3 is 1.17 bits per heavy atom. The Bertz CT molecular complexity index is 1040. The van der Waals surface area contributed by atoms with Gasteiger partial charge in [0.15, 0.2) is 0 Å². The van der Waals surface area contributed by atoms with Crippen molar-refractivity contribution in [3.8, 4) is 0 Å². The number of nitrogens with one attached hydrogen (secondary N) is 1. The molecule has 9 heteroatoms. The second kappa shape index (κ2) is 46.4. The van der Waals surface area contributed by atoms with Crippen molar-refractivity contribution in [2.45, 2.75) is 289 Å². The van der Waals surface area contributed by atoms with Crippen LogP contribution in [0, 0.1) is 0 Å². The van der Waals surface area contributed by atoms with Gasteiger partial charge in [0.05, 0.1) is 39.9 Å². The van der Waals surface area contributed by atoms with Crippen LogP contribution in [0.3, 0.4) is 0 Å². The number of likely N-dealkylation sites (N-methyl/N-ethyl adjacent to an activating group) is 1. The standard InChI is InChI=1S/C54H109N2O6P/c1-6-8-10-12-14-16-18-20-22-23-24-25-26-27-28-29-30-31-32-34-36-38-40-42-44-46-48-54(58)55-52(51-62-63(59,60)61-50-49-56(3,4)5)53(57)47-45-43-41-39-37-35-33-21-19-17-15-13-11-9-7-2/h45,47,52-53,57H,6-44,46,48-51H2,1-5H3,(H-,55,58,59,60)/p+1/b47-45+/t52-,53+/m0/s1. The van der Waals surface area contributed by atoms with Crippen molar-refractivity contribution < 1.29 is 32.9 Å². The maximum atomic E-state index is 12.9. The van der Waals surface area contributed by atoms with Gasteiger partial charge >= 0.3 is 7.82 Å². The number of nitrogens with zero attached hydrogens (tertiary/aromatic N) is 1. The van der Waals surface area contributed by atoms with E-state index in [-0.39, 0.29) is 19.1 Å². The SMILES string of the molecule is CCCCCCCCCCCCCCC/C=C/[C@@H](O)[C@H](COP(=O)(O)OCC[N+](C)(C)C)NC(=O)CCCCCCCCCCCCCCCCCCCCCCCCCCCC. The van der Waals surface area contributed by atoms with Gasteiger partial charge in [-0.05, 0) is 19.3 Å². The average molecular weight is 914 g/mol. The molecular formula is C54H110N2O6P+. The molecule has 0 radical (unpaired) electrons. The Labute approximate surface area is 392 Å². The number of aliphatic hydroxyl groups excluding tert-OH is 1. The zero-order chi connectivity index (χ0) is 46.4.